The van der Waals surface area contributed by atoms with Gasteiger partial charge in [0.2, 0.25) is 0 Å². The minimum Gasteiger partial charge on any atom is -0.486 e. The van der Waals surface area contributed by atoms with Crippen molar-refractivity contribution in [2.24, 2.45) is 0 Å². The third-order valence-corrected chi connectivity index (χ3v) is 4.80. The first-order valence-electron chi connectivity index (χ1n) is 9.89. The number of likely N-dealkylation sites (N-methyl/N-ethyl adjacent to an activating group) is 1. The molecular weight excluding hydrogens is 366 g/mol. The van der Waals surface area contributed by atoms with Gasteiger partial charge in [0.05, 0.1) is 0 Å². The summed E-state index contributed by atoms with van der Waals surface area (Å²) in [5, 5.41) is 2.87. The summed E-state index contributed by atoms with van der Waals surface area (Å²) in [7, 11) is 2.16. The molecule has 3 rings (SSSR count). The number of para-hydroxylation sites is 2. The SMILES string of the molecule is C=CCOc1ccccc1OCC(=O)Nc1ccc(CN2CCN(C)CC2)cc1. The Balaban J connectivity index is 1.46. The standard InChI is InChI=1S/C23H29N3O3/c1-3-16-28-21-6-4-5-7-22(21)29-18-23(27)24-20-10-8-19(9-11-20)17-26-14-12-25(2)13-15-26/h3-11H,1,12-18H2,2H3,(H,24,27). The molecule has 1 aliphatic heterocycles. The normalized spacial score (nSPS) is 14.9. The summed E-state index contributed by atoms with van der Waals surface area (Å²) in [5.74, 6) is 0.913. The Bertz CT molecular complexity index is 799. The molecule has 1 N–H and O–H groups in total. The van der Waals surface area contributed by atoms with Gasteiger partial charge < -0.3 is 19.7 Å². The Kier molecular flexibility index (Phi) is 7.67. The van der Waals surface area contributed by atoms with Crippen molar-refractivity contribution in [2.45, 2.75) is 6.54 Å². The van der Waals surface area contributed by atoms with Crippen LogP contribution in [0.25, 0.3) is 0 Å². The molecule has 6 heteroatoms. The zero-order valence-corrected chi connectivity index (χ0v) is 17.0. The fraction of sp³-hybridized carbons (Fsp3) is 0.348. The second-order valence-electron chi connectivity index (χ2n) is 7.16. The van der Waals surface area contributed by atoms with E-state index in [1.807, 2.05) is 24.3 Å². The van der Waals surface area contributed by atoms with Gasteiger partial charge in [-0.3, -0.25) is 9.69 Å². The topological polar surface area (TPSA) is 54.0 Å². The Labute approximate surface area is 172 Å². The fourth-order valence-electron chi connectivity index (χ4n) is 3.14. The van der Waals surface area contributed by atoms with E-state index >= 15 is 0 Å². The number of benzene rings is 2. The molecule has 2 aromatic rings. The molecule has 154 valence electrons. The maximum atomic E-state index is 12.2. The minimum absolute atomic E-state index is 0.0858. The third-order valence-electron chi connectivity index (χ3n) is 4.80. The van der Waals surface area contributed by atoms with Crippen molar-refractivity contribution in [3.63, 3.8) is 0 Å². The van der Waals surface area contributed by atoms with E-state index in [2.05, 4.69) is 40.9 Å². The van der Waals surface area contributed by atoms with Gasteiger partial charge >= 0.3 is 0 Å². The fourth-order valence-corrected chi connectivity index (χ4v) is 3.14. The molecule has 0 bridgehead atoms. The van der Waals surface area contributed by atoms with Crippen LogP contribution in [0.4, 0.5) is 5.69 Å². The number of piperazine rings is 1. The van der Waals surface area contributed by atoms with E-state index in [0.717, 1.165) is 38.4 Å². The van der Waals surface area contributed by atoms with Gasteiger partial charge in [-0.05, 0) is 36.9 Å². The average molecular weight is 396 g/mol. The molecule has 0 atom stereocenters. The first-order chi connectivity index (χ1) is 14.1. The van der Waals surface area contributed by atoms with Crippen LogP contribution in [0.1, 0.15) is 5.56 Å². The molecule has 0 radical (unpaired) electrons. The number of hydrogen-bond donors (Lipinski definition) is 1. The number of ether oxygens (including phenoxy) is 2. The number of carbonyl (C=O) groups excluding carboxylic acids is 1. The number of carbonyl (C=O) groups is 1. The lowest BCUT2D eigenvalue weighted by Crippen LogP contribution is -2.43. The summed E-state index contributed by atoms with van der Waals surface area (Å²) in [6, 6.07) is 15.3. The van der Waals surface area contributed by atoms with E-state index in [1.165, 1.54) is 5.56 Å². The van der Waals surface area contributed by atoms with Gasteiger partial charge in [-0.25, -0.2) is 0 Å². The first kappa shape index (κ1) is 20.9. The van der Waals surface area contributed by atoms with Crippen LogP contribution >= 0.6 is 0 Å². The van der Waals surface area contributed by atoms with Crippen LogP contribution in [0.15, 0.2) is 61.2 Å². The zero-order valence-electron chi connectivity index (χ0n) is 17.0. The van der Waals surface area contributed by atoms with Crippen LogP contribution in [-0.2, 0) is 11.3 Å². The zero-order chi connectivity index (χ0) is 20.5. The Morgan fingerprint density at radius 3 is 2.34 bits per heavy atom. The summed E-state index contributed by atoms with van der Waals surface area (Å²) < 4.78 is 11.2. The summed E-state index contributed by atoms with van der Waals surface area (Å²) in [4.78, 5) is 17.0. The van der Waals surface area contributed by atoms with E-state index in [1.54, 1.807) is 18.2 Å². The van der Waals surface area contributed by atoms with Gasteiger partial charge in [-0.15, -0.1) is 0 Å². The molecule has 1 saturated heterocycles. The summed E-state index contributed by atoms with van der Waals surface area (Å²) >= 11 is 0. The molecular formula is C23H29N3O3. The highest BCUT2D eigenvalue weighted by Crippen LogP contribution is 2.26. The summed E-state index contributed by atoms with van der Waals surface area (Å²) in [6.45, 7) is 9.26. The second-order valence-corrected chi connectivity index (χ2v) is 7.16. The second kappa shape index (κ2) is 10.6. The number of rotatable bonds is 9. The van der Waals surface area contributed by atoms with Gasteiger partial charge in [0, 0.05) is 38.4 Å². The van der Waals surface area contributed by atoms with Crippen LogP contribution < -0.4 is 14.8 Å². The van der Waals surface area contributed by atoms with Crippen molar-refractivity contribution < 1.29 is 14.3 Å². The molecule has 1 heterocycles. The molecule has 6 nitrogen and oxygen atoms in total. The number of nitrogens with zero attached hydrogens (tertiary/aromatic N) is 2. The van der Waals surface area contributed by atoms with Crippen LogP contribution in [0.3, 0.4) is 0 Å². The third kappa shape index (κ3) is 6.62. The van der Waals surface area contributed by atoms with E-state index in [4.69, 9.17) is 9.47 Å². The van der Waals surface area contributed by atoms with E-state index in [0.29, 0.717) is 18.1 Å². The molecule has 29 heavy (non-hydrogen) atoms. The Hall–Kier alpha value is -2.83. The van der Waals surface area contributed by atoms with E-state index < -0.39 is 0 Å². The molecule has 0 spiro atoms. The molecule has 0 aromatic heterocycles. The quantitative estimate of drug-likeness (QED) is 0.662. The number of anilines is 1. The predicted molar refractivity (Wildman–Crippen MR) is 115 cm³/mol. The van der Waals surface area contributed by atoms with Crippen molar-refractivity contribution >= 4 is 11.6 Å². The number of nitrogens with one attached hydrogen (secondary N) is 1. The van der Waals surface area contributed by atoms with Crippen molar-refractivity contribution in [3.8, 4) is 11.5 Å². The number of hydrogen-bond acceptors (Lipinski definition) is 5. The first-order valence-corrected chi connectivity index (χ1v) is 9.89. The van der Waals surface area contributed by atoms with E-state index in [-0.39, 0.29) is 12.5 Å². The predicted octanol–water partition coefficient (Wildman–Crippen LogP) is 3.02. The molecule has 0 saturated carbocycles. The molecule has 1 amide bonds. The average Bonchev–Trinajstić information content (AvgIpc) is 2.74. The van der Waals surface area contributed by atoms with Crippen LogP contribution in [0.5, 0.6) is 11.5 Å². The summed E-state index contributed by atoms with van der Waals surface area (Å²) in [5.41, 5.74) is 2.01. The van der Waals surface area contributed by atoms with Crippen LogP contribution in [0.2, 0.25) is 0 Å². The van der Waals surface area contributed by atoms with Crippen molar-refractivity contribution in [2.75, 3.05) is 51.8 Å². The molecule has 1 fully saturated rings. The summed E-state index contributed by atoms with van der Waals surface area (Å²) in [6.07, 6.45) is 1.66. The van der Waals surface area contributed by atoms with Crippen LogP contribution in [0, 0.1) is 0 Å². The maximum absolute atomic E-state index is 12.2. The van der Waals surface area contributed by atoms with Gasteiger partial charge in [0.25, 0.3) is 5.91 Å². The Morgan fingerprint density at radius 1 is 1.03 bits per heavy atom. The molecule has 1 aliphatic rings. The monoisotopic (exact) mass is 395 g/mol. The molecule has 0 aliphatic carbocycles. The van der Waals surface area contributed by atoms with Crippen molar-refractivity contribution in [3.05, 3.63) is 66.7 Å². The smallest absolute Gasteiger partial charge is 0.262 e. The van der Waals surface area contributed by atoms with Gasteiger partial charge in [0.1, 0.15) is 6.61 Å². The van der Waals surface area contributed by atoms with E-state index in [9.17, 15) is 4.79 Å². The lowest BCUT2D eigenvalue weighted by molar-refractivity contribution is -0.118. The minimum atomic E-state index is -0.213. The van der Waals surface area contributed by atoms with Crippen LogP contribution in [-0.4, -0.2) is 62.1 Å². The van der Waals surface area contributed by atoms with Crippen molar-refractivity contribution in [1.82, 2.24) is 9.80 Å². The highest BCUT2D eigenvalue weighted by Gasteiger charge is 2.14. The lowest BCUT2D eigenvalue weighted by atomic mass is 10.2. The lowest BCUT2D eigenvalue weighted by Gasteiger charge is -2.32. The van der Waals surface area contributed by atoms with Gasteiger partial charge in [-0.2, -0.15) is 0 Å². The maximum Gasteiger partial charge on any atom is 0.262 e. The molecule has 0 unspecified atom stereocenters. The van der Waals surface area contributed by atoms with Gasteiger partial charge in [-0.1, -0.05) is 36.9 Å². The Morgan fingerprint density at radius 2 is 1.69 bits per heavy atom. The highest BCUT2D eigenvalue weighted by atomic mass is 16.5. The van der Waals surface area contributed by atoms with Gasteiger partial charge in [0.15, 0.2) is 18.1 Å². The largest absolute Gasteiger partial charge is 0.486 e. The highest BCUT2D eigenvalue weighted by molar-refractivity contribution is 5.91. The molecule has 2 aromatic carbocycles. The van der Waals surface area contributed by atoms with Crippen molar-refractivity contribution in [1.29, 1.82) is 0 Å². The number of amides is 1.